The minimum Gasteiger partial charge on any atom is -0.504 e. The Morgan fingerprint density at radius 1 is 0.800 bits per heavy atom. The van der Waals surface area contributed by atoms with Gasteiger partial charge in [0.1, 0.15) is 0 Å². The summed E-state index contributed by atoms with van der Waals surface area (Å²) in [5.41, 5.74) is 4.45. The Balaban J connectivity index is 0.000000272. The summed E-state index contributed by atoms with van der Waals surface area (Å²) in [6.07, 6.45) is -9.77. The van der Waals surface area contributed by atoms with Crippen molar-refractivity contribution in [3.8, 4) is 11.3 Å². The van der Waals surface area contributed by atoms with Gasteiger partial charge in [0.2, 0.25) is 5.76 Å². The molecule has 5 rings (SSSR count). The van der Waals surface area contributed by atoms with E-state index in [-0.39, 0.29) is 20.1 Å². The number of aromatic nitrogens is 1. The number of halogens is 6. The van der Waals surface area contributed by atoms with Gasteiger partial charge in [-0.25, -0.2) is 0 Å². The molecular weight excluding hydrogens is 713 g/mol. The second-order valence-electron chi connectivity index (χ2n) is 8.85. The van der Waals surface area contributed by atoms with E-state index >= 15 is 0 Å². The van der Waals surface area contributed by atoms with E-state index in [1.165, 1.54) is 37.9 Å². The summed E-state index contributed by atoms with van der Waals surface area (Å²) < 4.78 is 68.1. The molecule has 5 aromatic rings. The Labute approximate surface area is 238 Å². The molecule has 0 atom stereocenters. The molecule has 0 saturated carbocycles. The van der Waals surface area contributed by atoms with Crippen LogP contribution in [0.2, 0.25) is 0 Å². The number of fused-ring (bicyclic) bond motifs is 5. The van der Waals surface area contributed by atoms with E-state index in [1.54, 1.807) is 0 Å². The molecule has 4 aromatic carbocycles. The van der Waals surface area contributed by atoms with Gasteiger partial charge >= 0.3 is 12.4 Å². The van der Waals surface area contributed by atoms with Gasteiger partial charge in [-0.1, -0.05) is 62.4 Å². The van der Waals surface area contributed by atoms with E-state index in [1.807, 2.05) is 6.20 Å². The van der Waals surface area contributed by atoms with Crippen LogP contribution in [0.15, 0.2) is 84.8 Å². The quantitative estimate of drug-likeness (QED) is 0.0650. The van der Waals surface area contributed by atoms with Gasteiger partial charge in [-0.15, -0.1) is 34.9 Å². The Bertz CT molecular complexity index is 1720. The molecule has 1 radical (unpaired) electrons. The number of aryl methyl sites for hydroxylation is 2. The molecule has 10 heteroatoms. The molecule has 0 aliphatic heterocycles. The standard InChI is InChI=1S/C25H18N.C5H2F6O2.Ir/c1-16-13-17(2)15-19(14-16)25-24-10-9-21-20-6-4-3-5-18(20)7-8-22(21)23(24)11-12-26-25;6-4(7,8)2(12)1-3(13)5(9,10)11;/h3-14H,1-2H3;1,12H;/q-1;;/b;2-1-;. The molecule has 0 unspecified atom stereocenters. The molecule has 1 aromatic heterocycles. The van der Waals surface area contributed by atoms with Crippen LogP contribution in [0.5, 0.6) is 0 Å². The number of rotatable bonds is 2. The first-order valence-electron chi connectivity index (χ1n) is 11.5. The molecule has 0 aliphatic rings. The van der Waals surface area contributed by atoms with Gasteiger partial charge in [0, 0.05) is 32.4 Å². The second kappa shape index (κ2) is 11.8. The van der Waals surface area contributed by atoms with Crippen LogP contribution in [0, 0.1) is 19.9 Å². The number of nitrogens with zero attached hydrogens (tertiary/aromatic N) is 1. The molecule has 0 fully saturated rings. The smallest absolute Gasteiger partial charge is 0.454 e. The average molecular weight is 733 g/mol. The summed E-state index contributed by atoms with van der Waals surface area (Å²) >= 11 is 0. The minimum absolute atomic E-state index is 0. The Kier molecular flexibility index (Phi) is 9.07. The van der Waals surface area contributed by atoms with Crippen LogP contribution in [0.25, 0.3) is 43.6 Å². The van der Waals surface area contributed by atoms with Crippen LogP contribution in [0.3, 0.4) is 0 Å². The first-order chi connectivity index (χ1) is 18.3. The fraction of sp³-hybridized carbons (Fsp3) is 0.133. The molecule has 0 saturated heterocycles. The fourth-order valence-corrected chi connectivity index (χ4v) is 4.28. The van der Waals surface area contributed by atoms with Crippen molar-refractivity contribution in [1.29, 1.82) is 0 Å². The Hall–Kier alpha value is -3.75. The van der Waals surface area contributed by atoms with Gasteiger partial charge in [-0.2, -0.15) is 26.3 Å². The number of allylic oxidation sites excluding steroid dienone is 2. The summed E-state index contributed by atoms with van der Waals surface area (Å²) in [6, 6.07) is 27.3. The molecule has 0 spiro atoms. The van der Waals surface area contributed by atoms with Crippen LogP contribution in [-0.2, 0) is 24.9 Å². The largest absolute Gasteiger partial charge is 0.504 e. The minimum atomic E-state index is -5.42. The Morgan fingerprint density at radius 3 is 2.05 bits per heavy atom. The van der Waals surface area contributed by atoms with E-state index in [2.05, 4.69) is 86.6 Å². The van der Waals surface area contributed by atoms with E-state index < -0.39 is 30.0 Å². The third kappa shape index (κ3) is 6.69. The van der Waals surface area contributed by atoms with Crippen LogP contribution in [0.4, 0.5) is 26.3 Å². The number of aliphatic hydroxyl groups is 1. The Morgan fingerprint density at radius 2 is 1.40 bits per heavy atom. The van der Waals surface area contributed by atoms with Crippen molar-refractivity contribution < 1.29 is 56.3 Å². The van der Waals surface area contributed by atoms with Crippen molar-refractivity contribution in [2.24, 2.45) is 0 Å². The number of hydrogen-bond acceptors (Lipinski definition) is 3. The second-order valence-corrected chi connectivity index (χ2v) is 8.85. The molecule has 1 heterocycles. The number of carbonyl (C=O) groups excluding carboxylic acids is 1. The van der Waals surface area contributed by atoms with Gasteiger partial charge in [0.25, 0.3) is 5.78 Å². The van der Waals surface area contributed by atoms with Crippen molar-refractivity contribution in [3.05, 3.63) is 102 Å². The molecule has 0 bridgehead atoms. The van der Waals surface area contributed by atoms with E-state index in [9.17, 15) is 31.1 Å². The number of ketones is 1. The zero-order valence-corrected chi connectivity index (χ0v) is 23.3. The number of alkyl halides is 6. The zero-order valence-electron chi connectivity index (χ0n) is 20.9. The predicted molar refractivity (Wildman–Crippen MR) is 138 cm³/mol. The number of aliphatic hydroxyl groups excluding tert-OH is 1. The molecule has 40 heavy (non-hydrogen) atoms. The average Bonchev–Trinajstić information content (AvgIpc) is 2.86. The van der Waals surface area contributed by atoms with Crippen molar-refractivity contribution in [2.45, 2.75) is 26.2 Å². The van der Waals surface area contributed by atoms with E-state index in [0.29, 0.717) is 0 Å². The molecule has 1 N–H and O–H groups in total. The third-order valence-electron chi connectivity index (χ3n) is 5.91. The maximum atomic E-state index is 11.4. The van der Waals surface area contributed by atoms with Crippen LogP contribution in [0.1, 0.15) is 11.1 Å². The summed E-state index contributed by atoms with van der Waals surface area (Å²) in [4.78, 5) is 14.6. The topological polar surface area (TPSA) is 50.2 Å². The van der Waals surface area contributed by atoms with E-state index in [4.69, 9.17) is 10.1 Å². The number of pyridine rings is 1. The predicted octanol–water partition coefficient (Wildman–Crippen LogP) is 8.74. The third-order valence-corrected chi connectivity index (χ3v) is 5.91. The molecule has 0 amide bonds. The van der Waals surface area contributed by atoms with Crippen molar-refractivity contribution in [1.82, 2.24) is 4.98 Å². The fourth-order valence-electron chi connectivity index (χ4n) is 4.28. The summed E-state index contributed by atoms with van der Waals surface area (Å²) in [6.45, 7) is 4.21. The number of benzene rings is 4. The first kappa shape index (κ1) is 30.8. The van der Waals surface area contributed by atoms with Gasteiger partial charge in [-0.3, -0.25) is 4.79 Å². The van der Waals surface area contributed by atoms with Crippen LogP contribution >= 0.6 is 0 Å². The van der Waals surface area contributed by atoms with Crippen molar-refractivity contribution in [2.75, 3.05) is 0 Å². The van der Waals surface area contributed by atoms with Gasteiger partial charge < -0.3 is 10.1 Å². The van der Waals surface area contributed by atoms with Crippen LogP contribution in [-0.4, -0.2) is 28.2 Å². The zero-order chi connectivity index (χ0) is 28.5. The SMILES string of the molecule is Cc1[c-]c(-c2nccc3c2ccc2c4ccccc4ccc32)cc(C)c1.O=C(/C=C(\O)C(F)(F)F)C(F)(F)F.[Ir]. The summed E-state index contributed by atoms with van der Waals surface area (Å²) in [7, 11) is 0. The number of carbonyl (C=O) groups is 1. The van der Waals surface area contributed by atoms with Gasteiger partial charge in [-0.05, 0) is 44.1 Å². The molecule has 3 nitrogen and oxygen atoms in total. The van der Waals surface area contributed by atoms with E-state index in [0.717, 1.165) is 16.8 Å². The molecular formula is C30H20F6IrNO2-. The van der Waals surface area contributed by atoms with Crippen LogP contribution < -0.4 is 0 Å². The maximum absolute atomic E-state index is 11.4. The van der Waals surface area contributed by atoms with Gasteiger partial charge in [0.15, 0.2) is 0 Å². The molecule has 209 valence electrons. The number of hydrogen-bond donors (Lipinski definition) is 1. The van der Waals surface area contributed by atoms with Gasteiger partial charge in [0.05, 0.1) is 0 Å². The first-order valence-corrected chi connectivity index (χ1v) is 11.5. The molecule has 0 aliphatic carbocycles. The van der Waals surface area contributed by atoms with Crippen molar-refractivity contribution in [3.63, 3.8) is 0 Å². The maximum Gasteiger partial charge on any atom is 0.454 e. The summed E-state index contributed by atoms with van der Waals surface area (Å²) in [5.74, 6) is -5.34. The summed E-state index contributed by atoms with van der Waals surface area (Å²) in [5, 5.41) is 15.5. The normalized spacial score (nSPS) is 12.2. The monoisotopic (exact) mass is 733 g/mol. The van der Waals surface area contributed by atoms with Crippen molar-refractivity contribution >= 4 is 38.1 Å².